The molecule has 0 amide bonds. The molecular formula is C7H15NbO. The molecule has 0 aliphatic carbocycles. The van der Waals surface area contributed by atoms with E-state index >= 15 is 0 Å². The van der Waals surface area contributed by atoms with E-state index in [4.69, 9.17) is 3.24 Å². The average molecular weight is 208 g/mol. The van der Waals surface area contributed by atoms with Gasteiger partial charge >= 0.3 is 70.3 Å². The van der Waals surface area contributed by atoms with Gasteiger partial charge in [0.2, 0.25) is 0 Å². The van der Waals surface area contributed by atoms with Gasteiger partial charge < -0.3 is 0 Å². The van der Waals surface area contributed by atoms with Crippen molar-refractivity contribution in [2.75, 3.05) is 0 Å². The molecule has 0 aromatic heterocycles. The van der Waals surface area contributed by atoms with Crippen molar-refractivity contribution in [3.63, 3.8) is 0 Å². The molecule has 0 radical (unpaired) electrons. The molecule has 0 spiro atoms. The SMILES string of the molecule is CCC(CC)(CC)[O][Nb]. The van der Waals surface area contributed by atoms with Gasteiger partial charge in [-0.1, -0.05) is 0 Å². The fourth-order valence-electron chi connectivity index (χ4n) is 0.944. The summed E-state index contributed by atoms with van der Waals surface area (Å²) in [5, 5.41) is 0. The van der Waals surface area contributed by atoms with Crippen LogP contribution in [0.25, 0.3) is 0 Å². The first kappa shape index (κ1) is 9.70. The predicted octanol–water partition coefficient (Wildman–Crippen LogP) is 2.43. The van der Waals surface area contributed by atoms with Crippen molar-refractivity contribution in [2.24, 2.45) is 0 Å². The Bertz CT molecular complexity index is 51.8. The quantitative estimate of drug-likeness (QED) is 0.644. The summed E-state index contributed by atoms with van der Waals surface area (Å²) in [5.41, 5.74) is 0.189. The van der Waals surface area contributed by atoms with Gasteiger partial charge in [-0.05, 0) is 0 Å². The molecule has 1 nitrogen and oxygen atoms in total. The second kappa shape index (κ2) is 4.51. The second-order valence-electron chi connectivity index (χ2n) is 2.33. The van der Waals surface area contributed by atoms with Gasteiger partial charge in [-0.25, -0.2) is 0 Å². The monoisotopic (exact) mass is 208 g/mol. The van der Waals surface area contributed by atoms with Gasteiger partial charge in [0, 0.05) is 0 Å². The van der Waals surface area contributed by atoms with Crippen molar-refractivity contribution in [3.8, 4) is 0 Å². The number of hydrogen-bond donors (Lipinski definition) is 0. The third-order valence-electron chi connectivity index (χ3n) is 2.13. The number of hydrogen-bond acceptors (Lipinski definition) is 1. The van der Waals surface area contributed by atoms with E-state index < -0.39 is 0 Å². The van der Waals surface area contributed by atoms with Crippen molar-refractivity contribution in [2.45, 2.75) is 45.6 Å². The minimum atomic E-state index is 0.189. The van der Waals surface area contributed by atoms with E-state index in [1.54, 1.807) is 0 Å². The summed E-state index contributed by atoms with van der Waals surface area (Å²) in [6, 6.07) is 0. The Morgan fingerprint density at radius 3 is 1.44 bits per heavy atom. The van der Waals surface area contributed by atoms with Crippen LogP contribution in [0.1, 0.15) is 40.0 Å². The summed E-state index contributed by atoms with van der Waals surface area (Å²) in [7, 11) is 0. The summed E-state index contributed by atoms with van der Waals surface area (Å²) in [4.78, 5) is 0. The second-order valence-corrected chi connectivity index (χ2v) is 2.78. The molecule has 0 aliphatic heterocycles. The molecule has 0 saturated carbocycles. The molecule has 0 fully saturated rings. The van der Waals surface area contributed by atoms with E-state index in [1.165, 1.54) is 21.5 Å². The van der Waals surface area contributed by atoms with Crippen molar-refractivity contribution in [3.05, 3.63) is 0 Å². The average Bonchev–Trinajstić information content (AvgIpc) is 1.95. The Kier molecular flexibility index (Phi) is 4.86. The molecule has 54 valence electrons. The fraction of sp³-hybridized carbons (Fsp3) is 1.00. The van der Waals surface area contributed by atoms with Crippen LogP contribution in [-0.2, 0) is 24.7 Å². The van der Waals surface area contributed by atoms with Crippen molar-refractivity contribution in [1.82, 2.24) is 0 Å². The zero-order chi connectivity index (χ0) is 7.33. The molecule has 0 bridgehead atoms. The van der Waals surface area contributed by atoms with Crippen LogP contribution in [0.15, 0.2) is 0 Å². The summed E-state index contributed by atoms with van der Waals surface area (Å²) >= 11 is 1.47. The van der Waals surface area contributed by atoms with E-state index in [1.807, 2.05) is 0 Å². The van der Waals surface area contributed by atoms with Crippen LogP contribution < -0.4 is 0 Å². The normalized spacial score (nSPS) is 11.9. The zero-order valence-electron chi connectivity index (χ0n) is 6.48. The minimum absolute atomic E-state index is 0.189. The van der Waals surface area contributed by atoms with Crippen LogP contribution in [-0.4, -0.2) is 5.60 Å². The standard InChI is InChI=1S/C7H15O.Nb/c1-4-7(8,5-2)6-3;/h4-6H2,1-3H3;/q-1;+1. The summed E-state index contributed by atoms with van der Waals surface area (Å²) < 4.78 is 5.44. The van der Waals surface area contributed by atoms with Crippen LogP contribution in [0.2, 0.25) is 0 Å². The molecule has 0 unspecified atom stereocenters. The van der Waals surface area contributed by atoms with E-state index in [2.05, 4.69) is 20.8 Å². The van der Waals surface area contributed by atoms with Crippen molar-refractivity contribution < 1.29 is 24.7 Å². The Balaban J connectivity index is 3.82. The van der Waals surface area contributed by atoms with Crippen LogP contribution >= 0.6 is 0 Å². The Hall–Kier alpha value is 0.700. The molecule has 0 N–H and O–H groups in total. The number of rotatable bonds is 4. The topological polar surface area (TPSA) is 9.23 Å². The molecule has 0 rings (SSSR count). The third-order valence-corrected chi connectivity index (χ3v) is 3.08. The van der Waals surface area contributed by atoms with Gasteiger partial charge in [-0.15, -0.1) is 0 Å². The van der Waals surface area contributed by atoms with Crippen molar-refractivity contribution >= 4 is 0 Å². The molecule has 0 aromatic rings. The van der Waals surface area contributed by atoms with Crippen LogP contribution in [0.3, 0.4) is 0 Å². The van der Waals surface area contributed by atoms with Crippen LogP contribution in [0.5, 0.6) is 0 Å². The summed E-state index contributed by atoms with van der Waals surface area (Å²) in [6.45, 7) is 6.56. The molecule has 9 heavy (non-hydrogen) atoms. The van der Waals surface area contributed by atoms with Crippen LogP contribution in [0, 0.1) is 0 Å². The van der Waals surface area contributed by atoms with Crippen molar-refractivity contribution in [1.29, 1.82) is 0 Å². The first-order chi connectivity index (χ1) is 4.24. The molecule has 0 atom stereocenters. The van der Waals surface area contributed by atoms with Crippen LogP contribution in [0.4, 0.5) is 0 Å². The van der Waals surface area contributed by atoms with Gasteiger partial charge in [0.1, 0.15) is 0 Å². The van der Waals surface area contributed by atoms with Gasteiger partial charge in [0.05, 0.1) is 0 Å². The summed E-state index contributed by atoms with van der Waals surface area (Å²) in [6.07, 6.45) is 3.40. The van der Waals surface area contributed by atoms with Gasteiger partial charge in [-0.2, -0.15) is 0 Å². The Morgan fingerprint density at radius 2 is 1.44 bits per heavy atom. The molecule has 0 heterocycles. The maximum atomic E-state index is 5.44. The first-order valence-electron chi connectivity index (χ1n) is 3.57. The van der Waals surface area contributed by atoms with E-state index in [0.29, 0.717) is 0 Å². The molecular weight excluding hydrogens is 193 g/mol. The molecule has 2 heteroatoms. The molecule has 0 saturated heterocycles. The fourth-order valence-corrected chi connectivity index (χ4v) is 1.90. The van der Waals surface area contributed by atoms with Gasteiger partial charge in [-0.3, -0.25) is 0 Å². The third kappa shape index (κ3) is 2.42. The zero-order valence-corrected chi connectivity index (χ0v) is 8.68. The maximum absolute atomic E-state index is 5.44. The van der Waals surface area contributed by atoms with Gasteiger partial charge in [0.25, 0.3) is 0 Å². The van der Waals surface area contributed by atoms with Gasteiger partial charge in [0.15, 0.2) is 0 Å². The van der Waals surface area contributed by atoms with E-state index in [0.717, 1.165) is 19.3 Å². The summed E-state index contributed by atoms with van der Waals surface area (Å²) in [5.74, 6) is 0. The van der Waals surface area contributed by atoms with E-state index in [9.17, 15) is 0 Å². The molecule has 0 aromatic carbocycles. The van der Waals surface area contributed by atoms with E-state index in [-0.39, 0.29) is 5.60 Å². The first-order valence-corrected chi connectivity index (χ1v) is 4.47. The Morgan fingerprint density at radius 1 is 1.11 bits per heavy atom. The Labute approximate surface area is 70.6 Å². The molecule has 0 aliphatic rings. The predicted molar refractivity (Wildman–Crippen MR) is 34.7 cm³/mol.